The van der Waals surface area contributed by atoms with Crippen LogP contribution in [-0.4, -0.2) is 20.2 Å². The van der Waals surface area contributed by atoms with E-state index >= 15 is 0 Å². The lowest BCUT2D eigenvalue weighted by Crippen LogP contribution is -2.43. The lowest BCUT2D eigenvalue weighted by atomic mass is 9.87. The van der Waals surface area contributed by atoms with Gasteiger partial charge in [-0.15, -0.1) is 0 Å². The summed E-state index contributed by atoms with van der Waals surface area (Å²) >= 11 is 0. The number of hydrogen-bond donors (Lipinski definition) is 1. The minimum absolute atomic E-state index is 0.0406. The molecule has 17 heavy (non-hydrogen) atoms. The van der Waals surface area contributed by atoms with Crippen LogP contribution in [0, 0.1) is 12.3 Å². The Morgan fingerprint density at radius 1 is 1.29 bits per heavy atom. The average molecular weight is 253 g/mol. The summed E-state index contributed by atoms with van der Waals surface area (Å²) in [6.07, 6.45) is 0. The first kappa shape index (κ1) is 12.4. The average Bonchev–Trinajstić information content (AvgIpc) is 2.17. The summed E-state index contributed by atoms with van der Waals surface area (Å²) in [4.78, 5) is 0.443. The second-order valence-corrected chi connectivity index (χ2v) is 7.80. The molecular weight excluding hydrogens is 234 g/mol. The molecule has 0 saturated heterocycles. The molecule has 1 atom stereocenters. The van der Waals surface area contributed by atoms with Crippen molar-refractivity contribution in [3.63, 3.8) is 0 Å². The minimum atomic E-state index is -3.16. The molecular formula is C13H19NO2S. The van der Waals surface area contributed by atoms with Crippen LogP contribution in [0.3, 0.4) is 0 Å². The second-order valence-electron chi connectivity index (χ2n) is 5.79. The van der Waals surface area contributed by atoms with Crippen LogP contribution in [0.25, 0.3) is 0 Å². The number of aryl methyl sites for hydroxylation is 1. The van der Waals surface area contributed by atoms with E-state index in [0.29, 0.717) is 4.90 Å². The normalized spacial score (nSPS) is 22.7. The molecule has 2 rings (SSSR count). The molecule has 1 aromatic carbocycles. The van der Waals surface area contributed by atoms with Crippen LogP contribution in [0.4, 0.5) is 5.69 Å². The number of rotatable bonds is 0. The smallest absolute Gasteiger partial charge is 0.182 e. The first-order valence-corrected chi connectivity index (χ1v) is 7.46. The van der Waals surface area contributed by atoms with Gasteiger partial charge in [0.1, 0.15) is 0 Å². The van der Waals surface area contributed by atoms with E-state index in [1.807, 2.05) is 13.0 Å². The Morgan fingerprint density at radius 3 is 2.53 bits per heavy atom. The third-order valence-electron chi connectivity index (χ3n) is 3.32. The number of anilines is 1. The quantitative estimate of drug-likeness (QED) is 0.773. The molecule has 1 N–H and O–H groups in total. The fourth-order valence-corrected chi connectivity index (χ4v) is 4.10. The SMILES string of the molecule is Cc1cccc2c1NC(C(C)(C)C)CS2(=O)=O. The molecule has 1 aliphatic heterocycles. The number of nitrogens with one attached hydrogen (secondary N) is 1. The van der Waals surface area contributed by atoms with E-state index in [0.717, 1.165) is 11.3 Å². The standard InChI is InChI=1S/C13H19NO2S/c1-9-6-5-7-10-12(9)14-11(13(2,3)4)8-17(10,15)16/h5-7,11,14H,8H2,1-4H3. The van der Waals surface area contributed by atoms with Crippen molar-refractivity contribution in [1.82, 2.24) is 0 Å². The first-order valence-electron chi connectivity index (χ1n) is 5.81. The van der Waals surface area contributed by atoms with E-state index < -0.39 is 9.84 Å². The highest BCUT2D eigenvalue weighted by Crippen LogP contribution is 2.36. The van der Waals surface area contributed by atoms with Crippen molar-refractivity contribution in [2.45, 2.75) is 38.6 Å². The molecule has 0 radical (unpaired) electrons. The topological polar surface area (TPSA) is 46.2 Å². The van der Waals surface area contributed by atoms with Crippen molar-refractivity contribution < 1.29 is 8.42 Å². The van der Waals surface area contributed by atoms with Crippen molar-refractivity contribution in [1.29, 1.82) is 0 Å². The molecule has 0 aromatic heterocycles. The molecule has 1 heterocycles. The lowest BCUT2D eigenvalue weighted by Gasteiger charge is -2.36. The van der Waals surface area contributed by atoms with E-state index in [9.17, 15) is 8.42 Å². The Bertz CT molecular complexity index is 541. The van der Waals surface area contributed by atoms with Crippen LogP contribution in [-0.2, 0) is 9.84 Å². The highest BCUT2D eigenvalue weighted by Gasteiger charge is 2.36. The van der Waals surface area contributed by atoms with Gasteiger partial charge in [-0.3, -0.25) is 0 Å². The third-order valence-corrected chi connectivity index (χ3v) is 5.10. The van der Waals surface area contributed by atoms with Crippen molar-refractivity contribution in [2.24, 2.45) is 5.41 Å². The summed E-state index contributed by atoms with van der Waals surface area (Å²) in [6, 6.07) is 5.38. The maximum absolute atomic E-state index is 12.2. The zero-order valence-electron chi connectivity index (χ0n) is 10.7. The summed E-state index contributed by atoms with van der Waals surface area (Å²) in [7, 11) is -3.16. The molecule has 1 aliphatic rings. The molecule has 3 nitrogen and oxygen atoms in total. The van der Waals surface area contributed by atoms with Crippen molar-refractivity contribution in [3.05, 3.63) is 23.8 Å². The van der Waals surface area contributed by atoms with Crippen molar-refractivity contribution in [3.8, 4) is 0 Å². The van der Waals surface area contributed by atoms with Gasteiger partial charge in [0.05, 0.1) is 16.3 Å². The van der Waals surface area contributed by atoms with Gasteiger partial charge in [-0.25, -0.2) is 8.42 Å². The van der Waals surface area contributed by atoms with Crippen LogP contribution in [0.15, 0.2) is 23.1 Å². The van der Waals surface area contributed by atoms with Crippen LogP contribution < -0.4 is 5.32 Å². The second kappa shape index (κ2) is 3.73. The van der Waals surface area contributed by atoms with Gasteiger partial charge >= 0.3 is 0 Å². The molecule has 0 bridgehead atoms. The van der Waals surface area contributed by atoms with E-state index in [1.165, 1.54) is 0 Å². The van der Waals surface area contributed by atoms with Gasteiger partial charge in [-0.1, -0.05) is 32.9 Å². The summed E-state index contributed by atoms with van der Waals surface area (Å²) in [5, 5.41) is 3.38. The zero-order chi connectivity index (χ0) is 12.8. The highest BCUT2D eigenvalue weighted by molar-refractivity contribution is 7.91. The van der Waals surface area contributed by atoms with Crippen molar-refractivity contribution >= 4 is 15.5 Å². The fraction of sp³-hybridized carbons (Fsp3) is 0.538. The molecule has 0 aliphatic carbocycles. The monoisotopic (exact) mass is 253 g/mol. The highest BCUT2D eigenvalue weighted by atomic mass is 32.2. The van der Waals surface area contributed by atoms with Crippen LogP contribution in [0.2, 0.25) is 0 Å². The van der Waals surface area contributed by atoms with Gasteiger partial charge < -0.3 is 5.32 Å². The number of hydrogen-bond acceptors (Lipinski definition) is 3. The molecule has 0 fully saturated rings. The van der Waals surface area contributed by atoms with Crippen LogP contribution >= 0.6 is 0 Å². The Balaban J connectivity index is 2.57. The Morgan fingerprint density at radius 2 is 1.94 bits per heavy atom. The maximum atomic E-state index is 12.2. The van der Waals surface area contributed by atoms with Gasteiger partial charge in [0.2, 0.25) is 0 Å². The number of benzene rings is 1. The van der Waals surface area contributed by atoms with E-state index in [-0.39, 0.29) is 17.2 Å². The molecule has 1 aromatic rings. The van der Waals surface area contributed by atoms with Crippen LogP contribution in [0.1, 0.15) is 26.3 Å². The summed E-state index contributed by atoms with van der Waals surface area (Å²) in [6.45, 7) is 8.11. The molecule has 4 heteroatoms. The fourth-order valence-electron chi connectivity index (χ4n) is 2.08. The van der Waals surface area contributed by atoms with Crippen molar-refractivity contribution in [2.75, 3.05) is 11.1 Å². The van der Waals surface area contributed by atoms with E-state index in [4.69, 9.17) is 0 Å². The maximum Gasteiger partial charge on any atom is 0.182 e. The summed E-state index contributed by atoms with van der Waals surface area (Å²) < 4.78 is 24.5. The lowest BCUT2D eigenvalue weighted by molar-refractivity contribution is 0.356. The van der Waals surface area contributed by atoms with Gasteiger partial charge in [-0.05, 0) is 24.0 Å². The molecule has 1 unspecified atom stereocenters. The largest absolute Gasteiger partial charge is 0.379 e. The predicted octanol–water partition coefficient (Wildman–Crippen LogP) is 2.61. The molecule has 94 valence electrons. The predicted molar refractivity (Wildman–Crippen MR) is 70.1 cm³/mol. The summed E-state index contributed by atoms with van der Waals surface area (Å²) in [5.74, 6) is 0.174. The number of sulfone groups is 1. The van der Waals surface area contributed by atoms with Gasteiger partial charge in [0.25, 0.3) is 0 Å². The molecule has 0 amide bonds. The zero-order valence-corrected chi connectivity index (χ0v) is 11.6. The van der Waals surface area contributed by atoms with E-state index in [1.54, 1.807) is 12.1 Å². The Kier molecular flexibility index (Phi) is 2.73. The van der Waals surface area contributed by atoms with Gasteiger partial charge in [0.15, 0.2) is 9.84 Å². The minimum Gasteiger partial charge on any atom is -0.379 e. The first-order chi connectivity index (χ1) is 7.72. The molecule has 0 saturated carbocycles. The summed E-state index contributed by atoms with van der Waals surface area (Å²) in [5.41, 5.74) is 1.69. The number of para-hydroxylation sites is 1. The van der Waals surface area contributed by atoms with Gasteiger partial charge in [-0.2, -0.15) is 0 Å². The number of fused-ring (bicyclic) bond motifs is 1. The van der Waals surface area contributed by atoms with E-state index in [2.05, 4.69) is 26.1 Å². The Labute approximate surface area is 103 Å². The molecule has 0 spiro atoms. The third kappa shape index (κ3) is 2.18. The van der Waals surface area contributed by atoms with Gasteiger partial charge in [0, 0.05) is 6.04 Å². The van der Waals surface area contributed by atoms with Crippen LogP contribution in [0.5, 0.6) is 0 Å². The Hall–Kier alpha value is -1.03.